The van der Waals surface area contributed by atoms with Crippen molar-refractivity contribution in [3.8, 4) is 0 Å². The Hall–Kier alpha value is -1.39. The smallest absolute Gasteiger partial charge is 0.303 e. The van der Waals surface area contributed by atoms with Crippen molar-refractivity contribution in [2.24, 2.45) is 5.92 Å². The zero-order valence-electron chi connectivity index (χ0n) is 19.6. The summed E-state index contributed by atoms with van der Waals surface area (Å²) in [5.74, 6) is -0.518. The Morgan fingerprint density at radius 1 is 1.11 bits per heavy atom. The highest BCUT2D eigenvalue weighted by atomic mass is 28.4. The second kappa shape index (κ2) is 11.6. The Labute approximate surface area is 174 Å². The minimum Gasteiger partial charge on any atom is -0.481 e. The third-order valence-electron chi connectivity index (χ3n) is 5.47. The van der Waals surface area contributed by atoms with E-state index in [2.05, 4.69) is 79.4 Å². The number of allylic oxidation sites excluding steroid dienone is 5. The molecule has 0 amide bonds. The first kappa shape index (κ1) is 26.6. The fourth-order valence-corrected chi connectivity index (χ4v) is 3.98. The lowest BCUT2D eigenvalue weighted by atomic mass is 9.98. The maximum atomic E-state index is 10.8. The molecule has 0 bridgehead atoms. The summed E-state index contributed by atoms with van der Waals surface area (Å²) in [7, 11) is -1.94. The molecule has 0 fully saturated rings. The molecule has 28 heavy (non-hydrogen) atoms. The summed E-state index contributed by atoms with van der Waals surface area (Å²) in [5.41, 5.74) is 3.54. The van der Waals surface area contributed by atoms with Gasteiger partial charge in [-0.1, -0.05) is 75.3 Å². The van der Waals surface area contributed by atoms with Crippen LogP contribution in [-0.2, 0) is 9.22 Å². The van der Waals surface area contributed by atoms with Crippen molar-refractivity contribution < 1.29 is 14.3 Å². The quantitative estimate of drug-likeness (QED) is 0.222. The SMILES string of the molecule is C=C/C(C)=C\C(C)=C/[C@H](C)[C@@H](/C=C(\C)CCCC(=O)O)O[Si](C)(C)C(C)(C)C. The second-order valence-electron chi connectivity index (χ2n) is 9.47. The van der Waals surface area contributed by atoms with Crippen molar-refractivity contribution in [3.05, 3.63) is 47.6 Å². The van der Waals surface area contributed by atoms with E-state index in [0.29, 0.717) is 6.42 Å². The van der Waals surface area contributed by atoms with Gasteiger partial charge in [0.05, 0.1) is 6.10 Å². The van der Waals surface area contributed by atoms with Gasteiger partial charge in [0.15, 0.2) is 8.32 Å². The highest BCUT2D eigenvalue weighted by molar-refractivity contribution is 6.74. The first-order chi connectivity index (χ1) is 12.7. The summed E-state index contributed by atoms with van der Waals surface area (Å²) >= 11 is 0. The Morgan fingerprint density at radius 2 is 1.68 bits per heavy atom. The topological polar surface area (TPSA) is 46.5 Å². The lowest BCUT2D eigenvalue weighted by Gasteiger charge is -2.40. The molecule has 4 heteroatoms. The number of hydrogen-bond donors (Lipinski definition) is 1. The molecule has 0 aromatic heterocycles. The number of aliphatic carboxylic acids is 1. The molecule has 0 aromatic rings. The molecule has 0 aliphatic rings. The number of hydrogen-bond acceptors (Lipinski definition) is 2. The fraction of sp³-hybridized carbons (Fsp3) is 0.625. The van der Waals surface area contributed by atoms with E-state index in [1.54, 1.807) is 0 Å². The zero-order chi connectivity index (χ0) is 22.1. The predicted molar refractivity (Wildman–Crippen MR) is 124 cm³/mol. The van der Waals surface area contributed by atoms with Crippen LogP contribution in [0, 0.1) is 5.92 Å². The van der Waals surface area contributed by atoms with Gasteiger partial charge in [-0.3, -0.25) is 4.79 Å². The molecule has 0 saturated carbocycles. The fourth-order valence-electron chi connectivity index (χ4n) is 2.67. The van der Waals surface area contributed by atoms with E-state index in [1.165, 1.54) is 11.1 Å². The third kappa shape index (κ3) is 10.2. The summed E-state index contributed by atoms with van der Waals surface area (Å²) in [5, 5.41) is 9.00. The van der Waals surface area contributed by atoms with Crippen LogP contribution in [0.5, 0.6) is 0 Å². The maximum absolute atomic E-state index is 10.8. The molecular weight excluding hydrogens is 364 g/mol. The highest BCUT2D eigenvalue weighted by Crippen LogP contribution is 2.38. The van der Waals surface area contributed by atoms with E-state index in [1.807, 2.05) is 13.0 Å². The van der Waals surface area contributed by atoms with Gasteiger partial charge >= 0.3 is 5.97 Å². The summed E-state index contributed by atoms with van der Waals surface area (Å²) in [6.07, 6.45) is 10.1. The Balaban J connectivity index is 5.63. The number of rotatable bonds is 11. The van der Waals surface area contributed by atoms with Crippen LogP contribution < -0.4 is 0 Å². The van der Waals surface area contributed by atoms with Crippen molar-refractivity contribution >= 4 is 14.3 Å². The summed E-state index contributed by atoms with van der Waals surface area (Å²) in [6, 6.07) is 0. The molecule has 0 rings (SSSR count). The monoisotopic (exact) mass is 406 g/mol. The lowest BCUT2D eigenvalue weighted by molar-refractivity contribution is -0.137. The molecular formula is C24H42O3Si. The summed E-state index contributed by atoms with van der Waals surface area (Å²) in [4.78, 5) is 10.8. The van der Waals surface area contributed by atoms with Gasteiger partial charge in [0.1, 0.15) is 0 Å². The Kier molecular flexibility index (Phi) is 11.0. The van der Waals surface area contributed by atoms with Gasteiger partial charge in [0.2, 0.25) is 0 Å². The minimum atomic E-state index is -1.94. The molecule has 3 nitrogen and oxygen atoms in total. The summed E-state index contributed by atoms with van der Waals surface area (Å²) < 4.78 is 6.76. The van der Waals surface area contributed by atoms with E-state index in [4.69, 9.17) is 9.53 Å². The van der Waals surface area contributed by atoms with Gasteiger partial charge in [-0.2, -0.15) is 0 Å². The highest BCUT2D eigenvalue weighted by Gasteiger charge is 2.39. The first-order valence-electron chi connectivity index (χ1n) is 10.3. The van der Waals surface area contributed by atoms with Gasteiger partial charge in [-0.25, -0.2) is 0 Å². The van der Waals surface area contributed by atoms with Crippen molar-refractivity contribution in [2.45, 2.75) is 92.0 Å². The lowest BCUT2D eigenvalue weighted by Crippen LogP contribution is -2.45. The number of carbonyl (C=O) groups is 1. The van der Waals surface area contributed by atoms with Crippen LogP contribution in [0.15, 0.2) is 47.6 Å². The maximum Gasteiger partial charge on any atom is 0.303 e. The normalized spacial score (nSPS) is 16.7. The van der Waals surface area contributed by atoms with Gasteiger partial charge in [0.25, 0.3) is 0 Å². The first-order valence-corrected chi connectivity index (χ1v) is 13.2. The van der Waals surface area contributed by atoms with Gasteiger partial charge in [0, 0.05) is 12.3 Å². The van der Waals surface area contributed by atoms with E-state index in [9.17, 15) is 4.79 Å². The van der Waals surface area contributed by atoms with Crippen molar-refractivity contribution in [3.63, 3.8) is 0 Å². The van der Waals surface area contributed by atoms with E-state index >= 15 is 0 Å². The van der Waals surface area contributed by atoms with E-state index < -0.39 is 14.3 Å². The minimum absolute atomic E-state index is 0.0156. The Morgan fingerprint density at radius 3 is 2.14 bits per heavy atom. The van der Waals surface area contributed by atoms with Crippen LogP contribution in [0.25, 0.3) is 0 Å². The molecule has 1 N–H and O–H groups in total. The van der Waals surface area contributed by atoms with Crippen molar-refractivity contribution in [1.29, 1.82) is 0 Å². The number of carboxylic acid groups (broad SMARTS) is 1. The van der Waals surface area contributed by atoms with Crippen LogP contribution in [0.3, 0.4) is 0 Å². The van der Waals surface area contributed by atoms with Crippen molar-refractivity contribution in [2.75, 3.05) is 0 Å². The molecule has 0 aromatic carbocycles. The van der Waals surface area contributed by atoms with Gasteiger partial charge in [-0.05, 0) is 51.7 Å². The predicted octanol–water partition coefficient (Wildman–Crippen LogP) is 7.29. The third-order valence-corrected chi connectivity index (χ3v) is 9.94. The van der Waals surface area contributed by atoms with E-state index in [-0.39, 0.29) is 23.5 Å². The Bertz CT molecular complexity index is 618. The average molecular weight is 407 g/mol. The molecule has 0 unspecified atom stereocenters. The molecule has 0 spiro atoms. The number of carboxylic acids is 1. The zero-order valence-corrected chi connectivity index (χ0v) is 20.6. The molecule has 2 atom stereocenters. The summed E-state index contributed by atoms with van der Waals surface area (Å²) in [6.45, 7) is 23.6. The van der Waals surface area contributed by atoms with Crippen LogP contribution in [0.2, 0.25) is 18.1 Å². The second-order valence-corrected chi connectivity index (χ2v) is 14.2. The van der Waals surface area contributed by atoms with Crippen LogP contribution in [-0.4, -0.2) is 25.5 Å². The van der Waals surface area contributed by atoms with Gasteiger partial charge in [-0.15, -0.1) is 0 Å². The largest absolute Gasteiger partial charge is 0.481 e. The standard InChI is InChI=1S/C24H42O3Si/c1-11-18(2)15-20(4)16-21(5)22(27-28(9,10)24(6,7)8)17-19(3)13-12-14-23(25)26/h11,15-17,21-22H,1,12-14H2,2-10H3,(H,25,26)/b18-15-,19-17+,20-16-/t21-,22+/m0/s1. The van der Waals surface area contributed by atoms with Crippen molar-refractivity contribution in [1.82, 2.24) is 0 Å². The van der Waals surface area contributed by atoms with E-state index in [0.717, 1.165) is 12.0 Å². The van der Waals surface area contributed by atoms with Gasteiger partial charge < -0.3 is 9.53 Å². The molecule has 0 heterocycles. The van der Waals surface area contributed by atoms with Crippen LogP contribution in [0.4, 0.5) is 0 Å². The molecule has 0 radical (unpaired) electrons. The molecule has 0 saturated heterocycles. The van der Waals surface area contributed by atoms with Crippen LogP contribution in [0.1, 0.15) is 67.7 Å². The van der Waals surface area contributed by atoms with Crippen LogP contribution >= 0.6 is 0 Å². The average Bonchev–Trinajstić information content (AvgIpc) is 2.52. The molecule has 0 aliphatic heterocycles. The molecule has 0 aliphatic carbocycles. The molecule has 160 valence electrons.